The van der Waals surface area contributed by atoms with Crippen LogP contribution in [0.25, 0.3) is 0 Å². The minimum Gasteiger partial charge on any atom is -0.481 e. The fourth-order valence-electron chi connectivity index (χ4n) is 0.748. The van der Waals surface area contributed by atoms with E-state index >= 15 is 0 Å². The van der Waals surface area contributed by atoms with Crippen molar-refractivity contribution in [3.05, 3.63) is 23.3 Å². The quantitative estimate of drug-likeness (QED) is 0.274. The fraction of sp³-hybridized carbons (Fsp3) is 0.364. The Hall–Kier alpha value is -1.49. The van der Waals surface area contributed by atoms with Crippen LogP contribution in [0.1, 0.15) is 13.8 Å². The van der Waals surface area contributed by atoms with Crippen LogP contribution in [0, 0.1) is 12.3 Å². The third-order valence-corrected chi connectivity index (χ3v) is 1.52. The molecule has 0 saturated heterocycles. The second-order valence-corrected chi connectivity index (χ2v) is 2.66. The van der Waals surface area contributed by atoms with Crippen LogP contribution in [0.4, 0.5) is 0 Å². The summed E-state index contributed by atoms with van der Waals surface area (Å²) in [6.45, 7) is 3.93. The highest BCUT2D eigenvalue weighted by Crippen LogP contribution is 2.03. The van der Waals surface area contributed by atoms with Gasteiger partial charge in [-0.05, 0) is 19.9 Å². The summed E-state index contributed by atoms with van der Waals surface area (Å²) in [5, 5.41) is 0. The van der Waals surface area contributed by atoms with E-state index in [1.54, 1.807) is 20.2 Å². The summed E-state index contributed by atoms with van der Waals surface area (Å²) >= 11 is 0. The zero-order valence-corrected chi connectivity index (χ0v) is 8.59. The van der Waals surface area contributed by atoms with Crippen molar-refractivity contribution in [2.24, 2.45) is 4.99 Å². The van der Waals surface area contributed by atoms with Crippen molar-refractivity contribution in [1.82, 2.24) is 0 Å². The Morgan fingerprint density at radius 3 is 2.31 bits per heavy atom. The molecule has 0 radical (unpaired) electrons. The van der Waals surface area contributed by atoms with Gasteiger partial charge < -0.3 is 4.74 Å². The topological polar surface area (TPSA) is 21.6 Å². The first kappa shape index (κ1) is 11.5. The summed E-state index contributed by atoms with van der Waals surface area (Å²) in [4.78, 5) is 3.89. The van der Waals surface area contributed by atoms with Crippen LogP contribution in [-0.4, -0.2) is 20.1 Å². The van der Waals surface area contributed by atoms with Crippen molar-refractivity contribution >= 4 is 5.90 Å². The summed E-state index contributed by atoms with van der Waals surface area (Å²) in [5.41, 5.74) is 1.96. The van der Waals surface area contributed by atoms with Crippen LogP contribution in [0.2, 0.25) is 0 Å². The van der Waals surface area contributed by atoms with Crippen LogP contribution in [0.3, 0.4) is 0 Å². The van der Waals surface area contributed by atoms with Crippen LogP contribution in [0.15, 0.2) is 28.3 Å². The Kier molecular flexibility index (Phi) is 5.38. The first-order chi connectivity index (χ1) is 6.15. The molecule has 0 aliphatic heterocycles. The third kappa shape index (κ3) is 4.17. The van der Waals surface area contributed by atoms with E-state index in [2.05, 4.69) is 10.9 Å². The van der Waals surface area contributed by atoms with Gasteiger partial charge in [0.05, 0.1) is 7.11 Å². The first-order valence-corrected chi connectivity index (χ1v) is 3.98. The van der Waals surface area contributed by atoms with Crippen molar-refractivity contribution in [3.63, 3.8) is 0 Å². The normalized spacial score (nSPS) is 11.2. The molecule has 0 aromatic carbocycles. The molecular weight excluding hydrogens is 162 g/mol. The van der Waals surface area contributed by atoms with E-state index < -0.39 is 0 Å². The van der Waals surface area contributed by atoms with Gasteiger partial charge in [-0.3, -0.25) is 4.99 Å². The van der Waals surface area contributed by atoms with Gasteiger partial charge in [0.1, 0.15) is 0 Å². The summed E-state index contributed by atoms with van der Waals surface area (Å²) in [6.07, 6.45) is 8.88. The van der Waals surface area contributed by atoms with Gasteiger partial charge >= 0.3 is 0 Å². The van der Waals surface area contributed by atoms with Crippen LogP contribution >= 0.6 is 0 Å². The van der Waals surface area contributed by atoms with Crippen molar-refractivity contribution in [2.75, 3.05) is 14.2 Å². The minimum absolute atomic E-state index is 0.564. The molecule has 0 fully saturated rings. The molecule has 2 heteroatoms. The lowest BCUT2D eigenvalue weighted by Gasteiger charge is -1.97. The third-order valence-electron chi connectivity index (χ3n) is 1.52. The van der Waals surface area contributed by atoms with Gasteiger partial charge in [-0.2, -0.15) is 0 Å². The van der Waals surface area contributed by atoms with E-state index in [0.29, 0.717) is 5.90 Å². The SMILES string of the molecule is C#CC(/C=C\C(=N/C)OC)=C(C)C. The Labute approximate surface area is 80.0 Å². The Balaban J connectivity index is 4.62. The van der Waals surface area contributed by atoms with Gasteiger partial charge in [-0.15, -0.1) is 6.42 Å². The molecule has 0 aliphatic rings. The van der Waals surface area contributed by atoms with E-state index in [-0.39, 0.29) is 0 Å². The monoisotopic (exact) mass is 177 g/mol. The van der Waals surface area contributed by atoms with Gasteiger partial charge in [-0.25, -0.2) is 0 Å². The van der Waals surface area contributed by atoms with Gasteiger partial charge in [-0.1, -0.05) is 11.5 Å². The number of allylic oxidation sites excluding steroid dienone is 3. The predicted octanol–water partition coefficient (Wildman–Crippen LogP) is 2.19. The molecular formula is C11H15NO. The maximum atomic E-state index is 5.30. The number of rotatable bonds is 2. The summed E-state index contributed by atoms with van der Waals surface area (Å²) < 4.78 is 4.95. The smallest absolute Gasteiger partial charge is 0.208 e. The van der Waals surface area contributed by atoms with Crippen molar-refractivity contribution in [2.45, 2.75) is 13.8 Å². The highest BCUT2D eigenvalue weighted by atomic mass is 16.5. The standard InChI is InChI=1S/C11H15NO/c1-6-10(9(2)3)7-8-11(12-4)13-5/h1,7-8H,2-5H3/b8-7-,12-11+. The number of methoxy groups -OCH3 is 1. The zero-order valence-electron chi connectivity index (χ0n) is 8.59. The lowest BCUT2D eigenvalue weighted by molar-refractivity contribution is 0.406. The van der Waals surface area contributed by atoms with E-state index in [9.17, 15) is 0 Å². The van der Waals surface area contributed by atoms with Gasteiger partial charge in [0, 0.05) is 18.7 Å². The molecule has 70 valence electrons. The van der Waals surface area contributed by atoms with Gasteiger partial charge in [0.25, 0.3) is 0 Å². The minimum atomic E-state index is 0.564. The molecule has 0 aliphatic carbocycles. The molecule has 0 spiro atoms. The number of nitrogens with zero attached hydrogens (tertiary/aromatic N) is 1. The van der Waals surface area contributed by atoms with E-state index in [0.717, 1.165) is 11.1 Å². The zero-order chi connectivity index (χ0) is 10.3. The number of aliphatic imine (C=N–C) groups is 1. The molecule has 0 amide bonds. The van der Waals surface area contributed by atoms with Gasteiger partial charge in [0.2, 0.25) is 5.90 Å². The molecule has 0 unspecified atom stereocenters. The van der Waals surface area contributed by atoms with E-state index in [4.69, 9.17) is 11.2 Å². The lowest BCUT2D eigenvalue weighted by atomic mass is 10.1. The molecule has 13 heavy (non-hydrogen) atoms. The fourth-order valence-corrected chi connectivity index (χ4v) is 0.748. The van der Waals surface area contributed by atoms with E-state index in [1.807, 2.05) is 19.9 Å². The summed E-state index contributed by atoms with van der Waals surface area (Å²) in [6, 6.07) is 0. The largest absolute Gasteiger partial charge is 0.481 e. The number of ether oxygens (including phenoxy) is 1. The Morgan fingerprint density at radius 1 is 1.38 bits per heavy atom. The predicted molar refractivity (Wildman–Crippen MR) is 56.7 cm³/mol. The van der Waals surface area contributed by atoms with Crippen molar-refractivity contribution in [1.29, 1.82) is 0 Å². The molecule has 0 heterocycles. The number of terminal acetylenes is 1. The van der Waals surface area contributed by atoms with Crippen LogP contribution < -0.4 is 0 Å². The maximum Gasteiger partial charge on any atom is 0.208 e. The molecule has 2 nitrogen and oxygen atoms in total. The average Bonchev–Trinajstić information content (AvgIpc) is 2.12. The maximum absolute atomic E-state index is 5.30. The second-order valence-electron chi connectivity index (χ2n) is 2.66. The van der Waals surface area contributed by atoms with E-state index in [1.165, 1.54) is 0 Å². The summed E-state index contributed by atoms with van der Waals surface area (Å²) in [5.74, 6) is 3.15. The van der Waals surface area contributed by atoms with Crippen LogP contribution in [-0.2, 0) is 4.74 Å². The highest BCUT2D eigenvalue weighted by Gasteiger charge is 1.91. The molecule has 0 bridgehead atoms. The molecule has 0 atom stereocenters. The molecule has 0 aromatic heterocycles. The van der Waals surface area contributed by atoms with Crippen molar-refractivity contribution < 1.29 is 4.74 Å². The molecule has 0 aromatic rings. The second kappa shape index (κ2) is 6.07. The number of hydrogen-bond donors (Lipinski definition) is 0. The Morgan fingerprint density at radius 2 is 2.00 bits per heavy atom. The lowest BCUT2D eigenvalue weighted by Crippen LogP contribution is -1.95. The molecule has 0 N–H and O–H groups in total. The number of hydrogen-bond acceptors (Lipinski definition) is 2. The van der Waals surface area contributed by atoms with Gasteiger partial charge in [0.15, 0.2) is 0 Å². The molecule has 0 saturated carbocycles. The highest BCUT2D eigenvalue weighted by molar-refractivity contribution is 5.88. The van der Waals surface area contributed by atoms with Crippen molar-refractivity contribution in [3.8, 4) is 12.3 Å². The Bertz CT molecular complexity index is 286. The summed E-state index contributed by atoms with van der Waals surface area (Å²) in [7, 11) is 3.24. The average molecular weight is 177 g/mol. The van der Waals surface area contributed by atoms with Crippen LogP contribution in [0.5, 0.6) is 0 Å². The first-order valence-electron chi connectivity index (χ1n) is 3.98. The molecule has 0 rings (SSSR count).